The maximum absolute atomic E-state index is 12.1. The van der Waals surface area contributed by atoms with E-state index in [1.807, 2.05) is 5.51 Å². The van der Waals surface area contributed by atoms with Crippen LogP contribution in [0.5, 0.6) is 0 Å². The molecule has 2 aliphatic rings. The predicted molar refractivity (Wildman–Crippen MR) is 102 cm³/mol. The maximum atomic E-state index is 12.1. The second kappa shape index (κ2) is 11.0. The molecule has 0 aromatic carbocycles. The third kappa shape index (κ3) is 7.18. The molecule has 170 valence electrons. The topological polar surface area (TPSA) is 101 Å². The zero-order valence-corrected chi connectivity index (χ0v) is 17.6. The van der Waals surface area contributed by atoms with Crippen LogP contribution < -0.4 is 5.32 Å². The van der Waals surface area contributed by atoms with Crippen molar-refractivity contribution in [2.24, 2.45) is 5.92 Å². The molecule has 1 aromatic rings. The lowest BCUT2D eigenvalue weighted by Crippen LogP contribution is -2.42. The largest absolute Gasteiger partial charge is 0.490 e. The van der Waals surface area contributed by atoms with Crippen LogP contribution in [0.1, 0.15) is 23.4 Å². The third-order valence-electron chi connectivity index (χ3n) is 4.99. The summed E-state index contributed by atoms with van der Waals surface area (Å²) in [6.07, 6.45) is -3.26. The van der Waals surface area contributed by atoms with E-state index in [1.54, 1.807) is 18.4 Å². The number of likely N-dealkylation sites (tertiary alicyclic amines) is 1. The van der Waals surface area contributed by atoms with E-state index in [0.29, 0.717) is 19.1 Å². The van der Waals surface area contributed by atoms with Gasteiger partial charge in [-0.25, -0.2) is 9.78 Å². The van der Waals surface area contributed by atoms with Crippen molar-refractivity contribution >= 4 is 23.2 Å². The highest BCUT2D eigenvalue weighted by atomic mass is 32.1. The summed E-state index contributed by atoms with van der Waals surface area (Å²) in [5.41, 5.74) is 3.03. The van der Waals surface area contributed by atoms with Gasteiger partial charge in [-0.3, -0.25) is 9.69 Å². The summed E-state index contributed by atoms with van der Waals surface area (Å²) in [7, 11) is 1.63. The molecule has 2 N–H and O–H groups in total. The highest BCUT2D eigenvalue weighted by Gasteiger charge is 2.41. The number of methoxy groups -OCH3 is 1. The van der Waals surface area contributed by atoms with E-state index in [4.69, 9.17) is 19.4 Å². The molecule has 2 fully saturated rings. The highest BCUT2D eigenvalue weighted by Crippen LogP contribution is 2.34. The van der Waals surface area contributed by atoms with Crippen molar-refractivity contribution in [3.8, 4) is 0 Å². The lowest BCUT2D eigenvalue weighted by atomic mass is 9.91. The number of alkyl halides is 3. The molecular weight excluding hydrogens is 427 g/mol. The first-order valence-corrected chi connectivity index (χ1v) is 10.3. The fraction of sp³-hybridized carbons (Fsp3) is 0.722. The van der Waals surface area contributed by atoms with Gasteiger partial charge in [0.2, 0.25) is 5.91 Å². The van der Waals surface area contributed by atoms with Gasteiger partial charge in [-0.1, -0.05) is 0 Å². The molecule has 1 aromatic heterocycles. The number of piperidine rings is 1. The third-order valence-corrected chi connectivity index (χ3v) is 5.91. The van der Waals surface area contributed by atoms with E-state index in [9.17, 15) is 18.0 Å². The van der Waals surface area contributed by atoms with Crippen LogP contribution in [0.3, 0.4) is 0 Å². The number of carboxylic acid groups (broad SMARTS) is 1. The first-order valence-electron chi connectivity index (χ1n) is 9.45. The number of hydrogen-bond acceptors (Lipinski definition) is 7. The number of aryl methyl sites for hydroxylation is 1. The number of hydrogen-bond donors (Lipinski definition) is 2. The number of nitrogens with one attached hydrogen (secondary N) is 1. The zero-order chi connectivity index (χ0) is 22.3. The van der Waals surface area contributed by atoms with Crippen LogP contribution in [0.25, 0.3) is 0 Å². The van der Waals surface area contributed by atoms with Gasteiger partial charge in [-0.2, -0.15) is 13.2 Å². The van der Waals surface area contributed by atoms with Gasteiger partial charge in [0.15, 0.2) is 0 Å². The Morgan fingerprint density at radius 2 is 2.17 bits per heavy atom. The Morgan fingerprint density at radius 3 is 2.73 bits per heavy atom. The molecule has 0 saturated carbocycles. The number of carbonyl (C=O) groups excluding carboxylic acids is 1. The van der Waals surface area contributed by atoms with Crippen molar-refractivity contribution in [3.05, 3.63) is 16.1 Å². The first kappa shape index (κ1) is 24.5. The van der Waals surface area contributed by atoms with Crippen molar-refractivity contribution < 1.29 is 37.3 Å². The quantitative estimate of drug-likeness (QED) is 0.634. The van der Waals surface area contributed by atoms with Crippen LogP contribution in [0.15, 0.2) is 5.51 Å². The Hall–Kier alpha value is -1.76. The Balaban J connectivity index is 0.000000396. The Kier molecular flexibility index (Phi) is 9.01. The molecule has 3 rings (SSSR count). The molecule has 0 radical (unpaired) electrons. The van der Waals surface area contributed by atoms with Gasteiger partial charge in [0, 0.05) is 31.6 Å². The monoisotopic (exact) mass is 453 g/mol. The van der Waals surface area contributed by atoms with E-state index in [0.717, 1.165) is 38.2 Å². The number of aliphatic carboxylic acids is 1. The number of thiazole rings is 1. The standard InChI is InChI=1S/C16H25N3O3S.C2HF3O2/c1-11-15(23-10-18-11)9-19-5-3-12-7-13(22-14(12)8-19)16(20)17-4-6-21-2;3-2(4,5)1(6)7/h10,12-14H,3-9H2,1-2H3,(H,17,20);(H,6,7)/t12-,13+,14-;/m0./s1. The minimum Gasteiger partial charge on any atom is -0.475 e. The minimum absolute atomic E-state index is 0.00120. The van der Waals surface area contributed by atoms with Crippen molar-refractivity contribution in [2.75, 3.05) is 33.4 Å². The summed E-state index contributed by atoms with van der Waals surface area (Å²) in [4.78, 5) is 29.1. The van der Waals surface area contributed by atoms with Gasteiger partial charge < -0.3 is 19.9 Å². The Morgan fingerprint density at radius 1 is 1.47 bits per heavy atom. The predicted octanol–water partition coefficient (Wildman–Crippen LogP) is 1.83. The van der Waals surface area contributed by atoms with Gasteiger partial charge >= 0.3 is 12.1 Å². The molecule has 3 atom stereocenters. The van der Waals surface area contributed by atoms with Crippen LogP contribution in [-0.2, 0) is 25.6 Å². The fourth-order valence-corrected chi connectivity index (χ4v) is 4.20. The number of carboxylic acids is 1. The molecular formula is C18H26F3N3O5S. The summed E-state index contributed by atoms with van der Waals surface area (Å²) in [6.45, 7) is 6.05. The minimum atomic E-state index is -5.08. The number of amides is 1. The molecule has 12 heteroatoms. The van der Waals surface area contributed by atoms with Gasteiger partial charge in [-0.05, 0) is 32.2 Å². The average molecular weight is 453 g/mol. The molecule has 0 spiro atoms. The number of carbonyl (C=O) groups is 2. The maximum Gasteiger partial charge on any atom is 0.490 e. The first-order chi connectivity index (χ1) is 14.1. The average Bonchev–Trinajstić information content (AvgIpc) is 3.27. The SMILES string of the molecule is COCCNC(=O)[C@H]1C[C@@H]2CCN(Cc3scnc3C)C[C@@H]2O1.O=C(O)C(F)(F)F. The van der Waals surface area contributed by atoms with E-state index >= 15 is 0 Å². The second-order valence-electron chi connectivity index (χ2n) is 7.13. The van der Waals surface area contributed by atoms with Crippen molar-refractivity contribution in [2.45, 2.75) is 44.7 Å². The zero-order valence-electron chi connectivity index (χ0n) is 16.8. The fourth-order valence-electron chi connectivity index (χ4n) is 3.38. The van der Waals surface area contributed by atoms with E-state index in [2.05, 4.69) is 22.1 Å². The van der Waals surface area contributed by atoms with Gasteiger partial charge in [0.1, 0.15) is 6.10 Å². The summed E-state index contributed by atoms with van der Waals surface area (Å²) < 4.78 is 42.7. The van der Waals surface area contributed by atoms with E-state index < -0.39 is 12.1 Å². The summed E-state index contributed by atoms with van der Waals surface area (Å²) in [6, 6.07) is 0. The second-order valence-corrected chi connectivity index (χ2v) is 8.07. The van der Waals surface area contributed by atoms with Crippen LogP contribution in [0.4, 0.5) is 13.2 Å². The van der Waals surface area contributed by atoms with E-state index in [-0.39, 0.29) is 18.1 Å². The van der Waals surface area contributed by atoms with Gasteiger partial charge in [-0.15, -0.1) is 11.3 Å². The van der Waals surface area contributed by atoms with Crippen LogP contribution in [-0.4, -0.2) is 78.6 Å². The number of halogens is 3. The van der Waals surface area contributed by atoms with Crippen molar-refractivity contribution in [1.82, 2.24) is 15.2 Å². The molecule has 2 aliphatic heterocycles. The van der Waals surface area contributed by atoms with Crippen LogP contribution >= 0.6 is 11.3 Å². The normalized spacial score (nSPS) is 24.0. The number of rotatable bonds is 6. The van der Waals surface area contributed by atoms with E-state index in [1.165, 1.54) is 4.88 Å². The molecule has 0 bridgehead atoms. The molecule has 0 unspecified atom stereocenters. The number of aromatic nitrogens is 1. The molecule has 0 aliphatic carbocycles. The van der Waals surface area contributed by atoms with Crippen LogP contribution in [0.2, 0.25) is 0 Å². The lowest BCUT2D eigenvalue weighted by Gasteiger charge is -2.33. The molecule has 2 saturated heterocycles. The van der Waals surface area contributed by atoms with Crippen LogP contribution in [0, 0.1) is 12.8 Å². The van der Waals surface area contributed by atoms with Crippen molar-refractivity contribution in [1.29, 1.82) is 0 Å². The van der Waals surface area contributed by atoms with Gasteiger partial charge in [0.05, 0.1) is 23.9 Å². The Labute approximate surface area is 176 Å². The summed E-state index contributed by atoms with van der Waals surface area (Å²) in [5.74, 6) is -2.25. The van der Waals surface area contributed by atoms with Crippen molar-refractivity contribution in [3.63, 3.8) is 0 Å². The van der Waals surface area contributed by atoms with Gasteiger partial charge in [0.25, 0.3) is 0 Å². The number of ether oxygens (including phenoxy) is 2. The lowest BCUT2D eigenvalue weighted by molar-refractivity contribution is -0.192. The molecule has 30 heavy (non-hydrogen) atoms. The summed E-state index contributed by atoms with van der Waals surface area (Å²) in [5, 5.41) is 10.0. The highest BCUT2D eigenvalue weighted by molar-refractivity contribution is 7.09. The molecule has 8 nitrogen and oxygen atoms in total. The number of nitrogens with zero attached hydrogens (tertiary/aromatic N) is 2. The molecule has 1 amide bonds. The smallest absolute Gasteiger partial charge is 0.475 e. The Bertz CT molecular complexity index is 715. The number of fused-ring (bicyclic) bond motifs is 1. The molecule has 3 heterocycles. The summed E-state index contributed by atoms with van der Waals surface area (Å²) >= 11 is 1.72.